The molecule has 0 fully saturated rings. The van der Waals surface area contributed by atoms with E-state index in [0.717, 1.165) is 12.1 Å². The first-order chi connectivity index (χ1) is 13.3. The van der Waals surface area contributed by atoms with Crippen LogP contribution in [0.2, 0.25) is 0 Å². The molecule has 0 saturated carbocycles. The molecular weight excluding hydrogens is 381 g/mol. The molecule has 1 aromatic heterocycles. The Morgan fingerprint density at radius 1 is 1.18 bits per heavy atom. The van der Waals surface area contributed by atoms with E-state index in [0.29, 0.717) is 30.3 Å². The highest BCUT2D eigenvalue weighted by molar-refractivity contribution is 7.89. The summed E-state index contributed by atoms with van der Waals surface area (Å²) >= 11 is 0. The van der Waals surface area contributed by atoms with Crippen LogP contribution in [0.4, 0.5) is 4.39 Å². The number of nitrogens with zero attached hydrogens (tertiary/aromatic N) is 4. The van der Waals surface area contributed by atoms with Gasteiger partial charge in [-0.1, -0.05) is 19.1 Å². The molecular formula is C19H22FN5O2S. The lowest BCUT2D eigenvalue weighted by Crippen LogP contribution is -2.17. The Morgan fingerprint density at radius 3 is 2.50 bits per heavy atom. The van der Waals surface area contributed by atoms with Crippen molar-refractivity contribution in [2.45, 2.75) is 24.8 Å². The molecule has 0 saturated heterocycles. The van der Waals surface area contributed by atoms with Crippen LogP contribution in [0.3, 0.4) is 0 Å². The smallest absolute Gasteiger partial charge is 0.238 e. The summed E-state index contributed by atoms with van der Waals surface area (Å²) in [4.78, 5) is 6.70. The Bertz CT molecular complexity index is 1060. The number of sulfonamides is 1. The van der Waals surface area contributed by atoms with Gasteiger partial charge < -0.3 is 0 Å². The molecule has 3 rings (SSSR count). The third-order valence-corrected chi connectivity index (χ3v) is 5.26. The fourth-order valence-corrected chi connectivity index (χ4v) is 3.26. The van der Waals surface area contributed by atoms with Gasteiger partial charge in [0.25, 0.3) is 0 Å². The highest BCUT2D eigenvalue weighted by atomic mass is 32.2. The van der Waals surface area contributed by atoms with Gasteiger partial charge in [-0.25, -0.2) is 27.6 Å². The maximum Gasteiger partial charge on any atom is 0.238 e. The maximum atomic E-state index is 13.6. The quantitative estimate of drug-likeness (QED) is 0.652. The van der Waals surface area contributed by atoms with Crippen molar-refractivity contribution in [2.75, 3.05) is 13.6 Å². The number of benzene rings is 2. The summed E-state index contributed by atoms with van der Waals surface area (Å²) in [6, 6.07) is 12.4. The number of hydrogen-bond donors (Lipinski definition) is 1. The van der Waals surface area contributed by atoms with Crippen molar-refractivity contribution in [1.82, 2.24) is 19.7 Å². The van der Waals surface area contributed by atoms with Gasteiger partial charge in [-0.05, 0) is 55.6 Å². The summed E-state index contributed by atoms with van der Waals surface area (Å²) < 4.78 is 38.2. The van der Waals surface area contributed by atoms with Gasteiger partial charge in [0, 0.05) is 6.42 Å². The van der Waals surface area contributed by atoms with Crippen molar-refractivity contribution in [3.05, 3.63) is 71.6 Å². The van der Waals surface area contributed by atoms with Crippen molar-refractivity contribution in [3.8, 4) is 5.69 Å². The number of rotatable bonds is 7. The lowest BCUT2D eigenvalue weighted by atomic mass is 10.1. The summed E-state index contributed by atoms with van der Waals surface area (Å²) in [5.41, 5.74) is 1.42. The molecule has 0 radical (unpaired) electrons. The van der Waals surface area contributed by atoms with E-state index in [1.165, 1.54) is 24.3 Å². The van der Waals surface area contributed by atoms with Crippen molar-refractivity contribution >= 4 is 10.0 Å². The molecule has 9 heteroatoms. The zero-order valence-corrected chi connectivity index (χ0v) is 16.5. The Morgan fingerprint density at radius 2 is 1.89 bits per heavy atom. The van der Waals surface area contributed by atoms with E-state index in [-0.39, 0.29) is 10.7 Å². The van der Waals surface area contributed by atoms with E-state index in [1.54, 1.807) is 22.9 Å². The second-order valence-corrected chi connectivity index (χ2v) is 8.09. The van der Waals surface area contributed by atoms with Crippen LogP contribution < -0.4 is 5.14 Å². The molecule has 2 aromatic carbocycles. The topological polar surface area (TPSA) is 94.1 Å². The summed E-state index contributed by atoms with van der Waals surface area (Å²) in [6.45, 7) is 3.45. The molecule has 0 aliphatic carbocycles. The molecule has 2 N–H and O–H groups in total. The highest BCUT2D eigenvalue weighted by Crippen LogP contribution is 2.17. The first kappa shape index (κ1) is 20.1. The predicted octanol–water partition coefficient (Wildman–Crippen LogP) is 2.10. The average molecular weight is 403 g/mol. The van der Waals surface area contributed by atoms with E-state index in [9.17, 15) is 12.8 Å². The molecule has 0 aliphatic rings. The van der Waals surface area contributed by atoms with Gasteiger partial charge in [0.2, 0.25) is 10.0 Å². The second kappa shape index (κ2) is 8.17. The standard InChI is InChI=1S/C19H22FN5O2S/c1-3-24(2)13-18-22-19(12-14-5-4-6-15(20)11-14)25(23-18)16-7-9-17(10-8-16)28(21,26)27/h4-11H,3,12-13H2,1-2H3,(H2,21,26,27). The molecule has 148 valence electrons. The minimum atomic E-state index is -3.77. The van der Waals surface area contributed by atoms with Gasteiger partial charge in [0.05, 0.1) is 17.1 Å². The molecule has 1 heterocycles. The van der Waals surface area contributed by atoms with Gasteiger partial charge in [-0.2, -0.15) is 0 Å². The van der Waals surface area contributed by atoms with Crippen LogP contribution in [0, 0.1) is 5.82 Å². The van der Waals surface area contributed by atoms with Crippen molar-refractivity contribution in [3.63, 3.8) is 0 Å². The van der Waals surface area contributed by atoms with Gasteiger partial charge in [0.1, 0.15) is 11.6 Å². The molecule has 0 spiro atoms. The third-order valence-electron chi connectivity index (χ3n) is 4.33. The number of nitrogens with two attached hydrogens (primary N) is 1. The molecule has 0 aliphatic heterocycles. The fraction of sp³-hybridized carbons (Fsp3) is 0.263. The zero-order valence-electron chi connectivity index (χ0n) is 15.7. The summed E-state index contributed by atoms with van der Waals surface area (Å²) in [7, 11) is -1.81. The number of primary sulfonamides is 1. The van der Waals surface area contributed by atoms with Crippen LogP contribution >= 0.6 is 0 Å². The van der Waals surface area contributed by atoms with Gasteiger partial charge in [-0.15, -0.1) is 5.10 Å². The fourth-order valence-electron chi connectivity index (χ4n) is 2.74. The maximum absolute atomic E-state index is 13.6. The van der Waals surface area contributed by atoms with E-state index in [1.807, 2.05) is 20.0 Å². The first-order valence-electron chi connectivity index (χ1n) is 8.77. The average Bonchev–Trinajstić information content (AvgIpc) is 3.03. The van der Waals surface area contributed by atoms with E-state index in [2.05, 4.69) is 15.0 Å². The third kappa shape index (κ3) is 4.80. The van der Waals surface area contributed by atoms with Crippen LogP contribution in [0.5, 0.6) is 0 Å². The Balaban J connectivity index is 2.00. The minimum Gasteiger partial charge on any atom is -0.299 e. The van der Waals surface area contributed by atoms with E-state index in [4.69, 9.17) is 5.14 Å². The van der Waals surface area contributed by atoms with Gasteiger partial charge >= 0.3 is 0 Å². The minimum absolute atomic E-state index is 0.0222. The first-order valence-corrected chi connectivity index (χ1v) is 10.3. The lowest BCUT2D eigenvalue weighted by Gasteiger charge is -2.10. The molecule has 0 amide bonds. The van der Waals surface area contributed by atoms with E-state index >= 15 is 0 Å². The van der Waals surface area contributed by atoms with Gasteiger partial charge in [-0.3, -0.25) is 4.90 Å². The van der Waals surface area contributed by atoms with Gasteiger partial charge in [0.15, 0.2) is 5.82 Å². The Kier molecular flexibility index (Phi) is 5.87. The zero-order chi connectivity index (χ0) is 20.3. The van der Waals surface area contributed by atoms with Crippen molar-refractivity contribution < 1.29 is 12.8 Å². The van der Waals surface area contributed by atoms with E-state index < -0.39 is 10.0 Å². The molecule has 3 aromatic rings. The van der Waals surface area contributed by atoms with Crippen LogP contribution in [-0.2, 0) is 23.0 Å². The van der Waals surface area contributed by atoms with Crippen molar-refractivity contribution in [2.24, 2.45) is 5.14 Å². The lowest BCUT2D eigenvalue weighted by molar-refractivity contribution is 0.336. The molecule has 0 atom stereocenters. The number of aromatic nitrogens is 3. The van der Waals surface area contributed by atoms with Crippen molar-refractivity contribution in [1.29, 1.82) is 0 Å². The van der Waals surface area contributed by atoms with Crippen LogP contribution in [0.15, 0.2) is 53.4 Å². The predicted molar refractivity (Wildman–Crippen MR) is 104 cm³/mol. The molecule has 28 heavy (non-hydrogen) atoms. The number of halogens is 1. The largest absolute Gasteiger partial charge is 0.299 e. The molecule has 0 unspecified atom stereocenters. The van der Waals surface area contributed by atoms with Crippen LogP contribution in [-0.4, -0.2) is 41.7 Å². The number of hydrogen-bond acceptors (Lipinski definition) is 5. The molecule has 7 nitrogen and oxygen atoms in total. The Hall–Kier alpha value is -2.62. The monoisotopic (exact) mass is 403 g/mol. The SMILES string of the molecule is CCN(C)Cc1nc(Cc2cccc(F)c2)n(-c2ccc(S(N)(=O)=O)cc2)n1. The van der Waals surface area contributed by atoms with Crippen LogP contribution in [0.1, 0.15) is 24.1 Å². The Labute approximate surface area is 163 Å². The summed E-state index contributed by atoms with van der Waals surface area (Å²) in [6.07, 6.45) is 0.386. The summed E-state index contributed by atoms with van der Waals surface area (Å²) in [5.74, 6) is 0.951. The molecule has 0 bridgehead atoms. The van der Waals surface area contributed by atoms with Crippen LogP contribution in [0.25, 0.3) is 5.69 Å². The normalized spacial score (nSPS) is 11.9. The summed E-state index contributed by atoms with van der Waals surface area (Å²) in [5, 5.41) is 9.73. The highest BCUT2D eigenvalue weighted by Gasteiger charge is 2.15. The second-order valence-electron chi connectivity index (χ2n) is 6.53.